The Morgan fingerprint density at radius 2 is 2.04 bits per heavy atom. The molecule has 24 heavy (non-hydrogen) atoms. The monoisotopic (exact) mass is 323 g/mol. The molecular weight excluding hydrogens is 298 g/mol. The van der Waals surface area contributed by atoms with E-state index in [-0.39, 0.29) is 11.8 Å². The number of rotatable bonds is 5. The SMILES string of the molecule is C/C=C\c1c(C)cncc1C(CC)c1cc(C)cc(C(=O)NC)n1. The van der Waals surface area contributed by atoms with Gasteiger partial charge in [-0.15, -0.1) is 0 Å². The van der Waals surface area contributed by atoms with Crippen LogP contribution in [-0.4, -0.2) is 22.9 Å². The van der Waals surface area contributed by atoms with Crippen LogP contribution < -0.4 is 5.32 Å². The molecule has 1 N–H and O–H groups in total. The molecule has 4 nitrogen and oxygen atoms in total. The zero-order valence-corrected chi connectivity index (χ0v) is 15.1. The second-order valence-electron chi connectivity index (χ2n) is 5.95. The minimum Gasteiger partial charge on any atom is -0.354 e. The van der Waals surface area contributed by atoms with Gasteiger partial charge in [-0.2, -0.15) is 0 Å². The van der Waals surface area contributed by atoms with Crippen molar-refractivity contribution in [2.75, 3.05) is 7.05 Å². The summed E-state index contributed by atoms with van der Waals surface area (Å²) in [6.07, 6.45) is 8.84. The third-order valence-corrected chi connectivity index (χ3v) is 4.14. The molecule has 0 aliphatic carbocycles. The van der Waals surface area contributed by atoms with Gasteiger partial charge in [-0.3, -0.25) is 9.78 Å². The highest BCUT2D eigenvalue weighted by Crippen LogP contribution is 2.31. The number of aromatic nitrogens is 2. The molecule has 0 fully saturated rings. The van der Waals surface area contributed by atoms with Gasteiger partial charge in [-0.25, -0.2) is 4.98 Å². The lowest BCUT2D eigenvalue weighted by molar-refractivity contribution is 0.0957. The van der Waals surface area contributed by atoms with Crippen molar-refractivity contribution in [2.45, 2.75) is 40.0 Å². The summed E-state index contributed by atoms with van der Waals surface area (Å²) in [7, 11) is 1.62. The Balaban J connectivity index is 2.60. The lowest BCUT2D eigenvalue weighted by Crippen LogP contribution is -2.20. The zero-order valence-electron chi connectivity index (χ0n) is 15.1. The average molecular weight is 323 g/mol. The first-order chi connectivity index (χ1) is 11.5. The van der Waals surface area contributed by atoms with E-state index in [2.05, 4.69) is 41.3 Å². The standard InChI is InChI=1S/C20H25N3O/c1-6-8-16-14(4)11-22-12-17(16)15(7-2)18-9-13(3)10-19(23-18)20(24)21-5/h6,8-12,15H,7H2,1-5H3,(H,21,24)/b8-6-. The Morgan fingerprint density at radius 1 is 1.29 bits per heavy atom. The molecule has 0 aliphatic heterocycles. The highest BCUT2D eigenvalue weighted by molar-refractivity contribution is 5.92. The quantitative estimate of drug-likeness (QED) is 0.904. The fourth-order valence-electron chi connectivity index (χ4n) is 2.97. The molecule has 0 spiro atoms. The van der Waals surface area contributed by atoms with E-state index >= 15 is 0 Å². The number of nitrogens with zero attached hydrogens (tertiary/aromatic N) is 2. The lowest BCUT2D eigenvalue weighted by atomic mass is 9.88. The molecule has 2 heterocycles. The van der Waals surface area contributed by atoms with Crippen molar-refractivity contribution in [1.82, 2.24) is 15.3 Å². The van der Waals surface area contributed by atoms with Crippen LogP contribution in [0.2, 0.25) is 0 Å². The number of nitrogens with one attached hydrogen (secondary N) is 1. The van der Waals surface area contributed by atoms with Crippen LogP contribution >= 0.6 is 0 Å². The summed E-state index contributed by atoms with van der Waals surface area (Å²) in [5, 5.41) is 2.65. The van der Waals surface area contributed by atoms with E-state index in [0.717, 1.165) is 28.8 Å². The Morgan fingerprint density at radius 3 is 2.67 bits per heavy atom. The van der Waals surface area contributed by atoms with E-state index in [4.69, 9.17) is 0 Å². The number of hydrogen-bond acceptors (Lipinski definition) is 3. The van der Waals surface area contributed by atoms with Crippen molar-refractivity contribution >= 4 is 12.0 Å². The largest absolute Gasteiger partial charge is 0.354 e. The zero-order chi connectivity index (χ0) is 17.7. The molecule has 2 rings (SSSR count). The van der Waals surface area contributed by atoms with Gasteiger partial charge in [-0.1, -0.05) is 19.1 Å². The second kappa shape index (κ2) is 7.86. The highest BCUT2D eigenvalue weighted by atomic mass is 16.1. The van der Waals surface area contributed by atoms with E-state index in [9.17, 15) is 4.79 Å². The van der Waals surface area contributed by atoms with Gasteiger partial charge in [-0.05, 0) is 61.6 Å². The summed E-state index contributed by atoms with van der Waals surface area (Å²) in [4.78, 5) is 21.0. The van der Waals surface area contributed by atoms with Crippen molar-refractivity contribution in [3.8, 4) is 0 Å². The van der Waals surface area contributed by atoms with Crippen LogP contribution in [0.4, 0.5) is 0 Å². The number of aryl methyl sites for hydroxylation is 2. The summed E-state index contributed by atoms with van der Waals surface area (Å²) >= 11 is 0. The van der Waals surface area contributed by atoms with E-state index in [0.29, 0.717) is 5.69 Å². The normalized spacial score (nSPS) is 12.4. The van der Waals surface area contributed by atoms with Crippen LogP contribution in [0.1, 0.15) is 64.6 Å². The highest BCUT2D eigenvalue weighted by Gasteiger charge is 2.20. The van der Waals surface area contributed by atoms with Crippen LogP contribution in [0.15, 0.2) is 30.6 Å². The molecule has 2 aromatic rings. The van der Waals surface area contributed by atoms with Gasteiger partial charge in [0.15, 0.2) is 0 Å². The summed E-state index contributed by atoms with van der Waals surface area (Å²) in [6.45, 7) is 8.21. The number of pyridine rings is 2. The van der Waals surface area contributed by atoms with Crippen molar-refractivity contribution in [3.05, 3.63) is 64.2 Å². The van der Waals surface area contributed by atoms with Gasteiger partial charge in [0.05, 0.1) is 0 Å². The smallest absolute Gasteiger partial charge is 0.269 e. The molecule has 0 aromatic carbocycles. The molecule has 126 valence electrons. The van der Waals surface area contributed by atoms with Gasteiger partial charge >= 0.3 is 0 Å². The van der Waals surface area contributed by atoms with Gasteiger partial charge in [0.25, 0.3) is 5.91 Å². The van der Waals surface area contributed by atoms with Gasteiger partial charge in [0.1, 0.15) is 5.69 Å². The summed E-state index contributed by atoms with van der Waals surface area (Å²) in [5.74, 6) is -0.0576. The molecular formula is C20H25N3O. The Kier molecular flexibility index (Phi) is 5.85. The van der Waals surface area contributed by atoms with Crippen molar-refractivity contribution in [3.63, 3.8) is 0 Å². The van der Waals surface area contributed by atoms with Crippen LogP contribution in [0.5, 0.6) is 0 Å². The molecule has 0 saturated carbocycles. The Bertz CT molecular complexity index is 765. The third kappa shape index (κ3) is 3.70. The number of allylic oxidation sites excluding steroid dienone is 1. The lowest BCUT2D eigenvalue weighted by Gasteiger charge is -2.19. The Hall–Kier alpha value is -2.49. The first-order valence-electron chi connectivity index (χ1n) is 8.29. The van der Waals surface area contributed by atoms with E-state index in [1.807, 2.05) is 38.4 Å². The minimum atomic E-state index is -0.161. The maximum absolute atomic E-state index is 12.0. The van der Waals surface area contributed by atoms with Crippen LogP contribution in [0.25, 0.3) is 6.08 Å². The number of carbonyl (C=O) groups is 1. The predicted octanol–water partition coefficient (Wildman–Crippen LogP) is 4.03. The molecule has 4 heteroatoms. The molecule has 1 unspecified atom stereocenters. The third-order valence-electron chi connectivity index (χ3n) is 4.14. The van der Waals surface area contributed by atoms with Gasteiger partial charge in [0, 0.05) is 31.1 Å². The van der Waals surface area contributed by atoms with Gasteiger partial charge in [0.2, 0.25) is 0 Å². The Labute approximate surface area is 144 Å². The first kappa shape index (κ1) is 17.9. The van der Waals surface area contributed by atoms with Crippen molar-refractivity contribution in [1.29, 1.82) is 0 Å². The number of hydrogen-bond donors (Lipinski definition) is 1. The summed E-state index contributed by atoms with van der Waals surface area (Å²) < 4.78 is 0. The van der Waals surface area contributed by atoms with E-state index in [1.165, 1.54) is 5.56 Å². The fourth-order valence-corrected chi connectivity index (χ4v) is 2.97. The summed E-state index contributed by atoms with van der Waals surface area (Å²) in [5.41, 5.74) is 5.88. The van der Waals surface area contributed by atoms with Crippen molar-refractivity contribution in [2.24, 2.45) is 0 Å². The van der Waals surface area contributed by atoms with E-state index < -0.39 is 0 Å². The minimum absolute atomic E-state index is 0.104. The maximum Gasteiger partial charge on any atom is 0.269 e. The average Bonchev–Trinajstić information content (AvgIpc) is 2.57. The topological polar surface area (TPSA) is 54.9 Å². The van der Waals surface area contributed by atoms with Crippen molar-refractivity contribution < 1.29 is 4.79 Å². The molecule has 0 radical (unpaired) electrons. The summed E-state index contributed by atoms with van der Waals surface area (Å²) in [6, 6.07) is 3.87. The molecule has 1 atom stereocenters. The molecule has 0 bridgehead atoms. The maximum atomic E-state index is 12.0. The first-order valence-corrected chi connectivity index (χ1v) is 8.29. The van der Waals surface area contributed by atoms with Crippen LogP contribution in [-0.2, 0) is 0 Å². The van der Waals surface area contributed by atoms with E-state index in [1.54, 1.807) is 7.05 Å². The van der Waals surface area contributed by atoms with Crippen LogP contribution in [0, 0.1) is 13.8 Å². The molecule has 2 aromatic heterocycles. The van der Waals surface area contributed by atoms with Crippen LogP contribution in [0.3, 0.4) is 0 Å². The molecule has 0 aliphatic rings. The van der Waals surface area contributed by atoms with Gasteiger partial charge < -0.3 is 5.32 Å². The molecule has 1 amide bonds. The predicted molar refractivity (Wildman–Crippen MR) is 98.2 cm³/mol. The number of carbonyl (C=O) groups excluding carboxylic acids is 1. The number of amides is 1. The molecule has 0 saturated heterocycles. The second-order valence-corrected chi connectivity index (χ2v) is 5.95. The fraction of sp³-hybridized carbons (Fsp3) is 0.350.